The van der Waals surface area contributed by atoms with Crippen LogP contribution in [0.5, 0.6) is 0 Å². The molecule has 0 saturated heterocycles. The van der Waals surface area contributed by atoms with E-state index in [9.17, 15) is 19.1 Å². The maximum atomic E-state index is 13.1. The number of rotatable bonds is 6. The lowest BCUT2D eigenvalue weighted by atomic mass is 9.51. The van der Waals surface area contributed by atoms with Crippen LogP contribution < -0.4 is 10.6 Å². The Morgan fingerprint density at radius 3 is 2.60 bits per heavy atom. The van der Waals surface area contributed by atoms with Gasteiger partial charge in [-0.1, -0.05) is 32.9 Å². The van der Waals surface area contributed by atoms with E-state index >= 15 is 0 Å². The molecule has 2 aliphatic carbocycles. The first-order valence-electron chi connectivity index (χ1n) is 12.5. The predicted molar refractivity (Wildman–Crippen MR) is 129 cm³/mol. The molecule has 1 heterocycles. The van der Waals surface area contributed by atoms with Crippen LogP contribution in [-0.2, 0) is 11.3 Å². The summed E-state index contributed by atoms with van der Waals surface area (Å²) in [6, 6.07) is 5.97. The number of hydrogen-bond acceptors (Lipinski definition) is 5. The zero-order valence-electron chi connectivity index (χ0n) is 20.6. The molecule has 1 aromatic carbocycles. The Bertz CT molecular complexity index is 1030. The fourth-order valence-electron chi connectivity index (χ4n) is 6.30. The van der Waals surface area contributed by atoms with E-state index in [1.165, 1.54) is 30.7 Å². The van der Waals surface area contributed by atoms with Crippen LogP contribution in [0.2, 0.25) is 0 Å². The SMILES string of the molecule is CC(C(=O)NCc1ccc(F)cc1)C1CCC2(C)CCC(NC(=O)c3cnccn3)C(C)C2C1O. The van der Waals surface area contributed by atoms with Gasteiger partial charge in [-0.3, -0.25) is 14.6 Å². The first-order valence-corrected chi connectivity index (χ1v) is 12.5. The summed E-state index contributed by atoms with van der Waals surface area (Å²) in [6.45, 7) is 6.51. The number of amides is 2. The van der Waals surface area contributed by atoms with E-state index in [0.717, 1.165) is 31.2 Å². The molecule has 35 heavy (non-hydrogen) atoms. The molecule has 1 aromatic heterocycles. The molecule has 0 radical (unpaired) electrons. The standard InChI is InChI=1S/C27H35FN4O3/c1-16(25(34)31-14-18-4-6-19(28)7-5-18)20-8-10-27(3)11-9-21(17(2)23(27)24(20)33)32-26(35)22-15-29-12-13-30-22/h4-7,12-13,15-17,20-21,23-24,33H,8-11,14H2,1-3H3,(H,31,34)(H,32,35). The molecule has 0 bridgehead atoms. The summed E-state index contributed by atoms with van der Waals surface area (Å²) in [6.07, 6.45) is 7.28. The Morgan fingerprint density at radius 2 is 1.91 bits per heavy atom. The summed E-state index contributed by atoms with van der Waals surface area (Å²) in [5.74, 6) is -1.20. The molecule has 2 amide bonds. The molecule has 7 atom stereocenters. The minimum atomic E-state index is -0.647. The quantitative estimate of drug-likeness (QED) is 0.585. The van der Waals surface area contributed by atoms with E-state index in [-0.39, 0.29) is 58.5 Å². The van der Waals surface area contributed by atoms with Crippen molar-refractivity contribution in [2.24, 2.45) is 29.1 Å². The molecule has 7 unspecified atom stereocenters. The van der Waals surface area contributed by atoms with Crippen LogP contribution in [-0.4, -0.2) is 39.0 Å². The van der Waals surface area contributed by atoms with Crippen molar-refractivity contribution in [1.82, 2.24) is 20.6 Å². The van der Waals surface area contributed by atoms with Crippen LogP contribution in [0.25, 0.3) is 0 Å². The van der Waals surface area contributed by atoms with E-state index in [0.29, 0.717) is 6.54 Å². The molecular formula is C27H35FN4O3. The fourth-order valence-corrected chi connectivity index (χ4v) is 6.30. The number of fused-ring (bicyclic) bond motifs is 1. The van der Waals surface area contributed by atoms with Gasteiger partial charge in [0.15, 0.2) is 0 Å². The molecular weight excluding hydrogens is 447 g/mol. The second kappa shape index (κ2) is 10.4. The van der Waals surface area contributed by atoms with Crippen LogP contribution in [0.15, 0.2) is 42.9 Å². The van der Waals surface area contributed by atoms with Gasteiger partial charge in [0, 0.05) is 30.9 Å². The summed E-state index contributed by atoms with van der Waals surface area (Å²) in [4.78, 5) is 33.7. The maximum Gasteiger partial charge on any atom is 0.271 e. The lowest BCUT2D eigenvalue weighted by Gasteiger charge is -2.56. The molecule has 188 valence electrons. The highest BCUT2D eigenvalue weighted by atomic mass is 19.1. The minimum Gasteiger partial charge on any atom is -0.392 e. The molecule has 8 heteroatoms. The van der Waals surface area contributed by atoms with Gasteiger partial charge >= 0.3 is 0 Å². The highest BCUT2D eigenvalue weighted by Gasteiger charge is 2.53. The highest BCUT2D eigenvalue weighted by Crippen LogP contribution is 2.55. The third-order valence-electron chi connectivity index (χ3n) is 8.44. The number of aromatic nitrogens is 2. The summed E-state index contributed by atoms with van der Waals surface area (Å²) < 4.78 is 13.1. The normalized spacial score (nSPS) is 31.2. The molecule has 2 aromatic rings. The Kier molecular flexibility index (Phi) is 7.50. The molecule has 2 saturated carbocycles. The van der Waals surface area contributed by atoms with E-state index < -0.39 is 6.10 Å². The van der Waals surface area contributed by atoms with Crippen molar-refractivity contribution in [1.29, 1.82) is 0 Å². The van der Waals surface area contributed by atoms with E-state index in [4.69, 9.17) is 0 Å². The number of nitrogens with one attached hydrogen (secondary N) is 2. The monoisotopic (exact) mass is 482 g/mol. The van der Waals surface area contributed by atoms with Crippen molar-refractivity contribution in [3.8, 4) is 0 Å². The van der Waals surface area contributed by atoms with E-state index in [2.05, 4.69) is 34.4 Å². The van der Waals surface area contributed by atoms with Crippen molar-refractivity contribution in [3.63, 3.8) is 0 Å². The second-order valence-electron chi connectivity index (χ2n) is 10.6. The summed E-state index contributed by atoms with van der Waals surface area (Å²) in [5, 5.41) is 17.6. The fraction of sp³-hybridized carbons (Fsp3) is 0.556. The summed E-state index contributed by atoms with van der Waals surface area (Å²) >= 11 is 0. The van der Waals surface area contributed by atoms with Crippen LogP contribution in [0.3, 0.4) is 0 Å². The number of benzene rings is 1. The van der Waals surface area contributed by atoms with Crippen molar-refractivity contribution < 1.29 is 19.1 Å². The third kappa shape index (κ3) is 5.37. The number of carbonyl (C=O) groups is 2. The van der Waals surface area contributed by atoms with E-state index in [1.807, 2.05) is 6.92 Å². The Morgan fingerprint density at radius 1 is 1.20 bits per heavy atom. The van der Waals surface area contributed by atoms with Gasteiger partial charge in [-0.2, -0.15) is 0 Å². The topological polar surface area (TPSA) is 104 Å². The van der Waals surface area contributed by atoms with Crippen LogP contribution in [0.1, 0.15) is 62.5 Å². The van der Waals surface area contributed by atoms with E-state index in [1.54, 1.807) is 12.1 Å². The van der Waals surface area contributed by atoms with Gasteiger partial charge in [-0.25, -0.2) is 9.37 Å². The second-order valence-corrected chi connectivity index (χ2v) is 10.6. The summed E-state index contributed by atoms with van der Waals surface area (Å²) in [7, 11) is 0. The van der Waals surface area contributed by atoms with Gasteiger partial charge in [0.05, 0.1) is 12.3 Å². The van der Waals surface area contributed by atoms with Crippen LogP contribution in [0, 0.1) is 34.9 Å². The van der Waals surface area contributed by atoms with Gasteiger partial charge in [0.2, 0.25) is 5.91 Å². The lowest BCUT2D eigenvalue weighted by molar-refractivity contribution is -0.142. The molecule has 0 aliphatic heterocycles. The van der Waals surface area contributed by atoms with Crippen molar-refractivity contribution >= 4 is 11.8 Å². The molecule has 2 aliphatic rings. The van der Waals surface area contributed by atoms with Crippen molar-refractivity contribution in [3.05, 3.63) is 59.9 Å². The van der Waals surface area contributed by atoms with Gasteiger partial charge in [0.1, 0.15) is 11.5 Å². The molecule has 4 rings (SSSR count). The number of nitrogens with zero attached hydrogens (tertiary/aromatic N) is 2. The Balaban J connectivity index is 1.41. The first-order chi connectivity index (χ1) is 16.7. The lowest BCUT2D eigenvalue weighted by Crippen LogP contribution is -2.58. The minimum absolute atomic E-state index is 0.0329. The van der Waals surface area contributed by atoms with Crippen molar-refractivity contribution in [2.75, 3.05) is 0 Å². The molecule has 7 nitrogen and oxygen atoms in total. The number of halogens is 1. The van der Waals surface area contributed by atoms with Crippen LogP contribution in [0.4, 0.5) is 4.39 Å². The predicted octanol–water partition coefficient (Wildman–Crippen LogP) is 3.49. The first kappa shape index (κ1) is 25.2. The average Bonchev–Trinajstić information content (AvgIpc) is 2.85. The zero-order chi connectivity index (χ0) is 25.2. The van der Waals surface area contributed by atoms with Gasteiger partial charge in [-0.15, -0.1) is 0 Å². The number of aliphatic hydroxyl groups is 1. The highest BCUT2D eigenvalue weighted by molar-refractivity contribution is 5.92. The maximum absolute atomic E-state index is 13.1. The largest absolute Gasteiger partial charge is 0.392 e. The Hall–Kier alpha value is -2.87. The Labute approximate surface area is 206 Å². The smallest absolute Gasteiger partial charge is 0.271 e. The number of carbonyl (C=O) groups excluding carboxylic acids is 2. The van der Waals surface area contributed by atoms with Gasteiger partial charge in [-0.05, 0) is 66.5 Å². The average molecular weight is 483 g/mol. The van der Waals surface area contributed by atoms with Crippen molar-refractivity contribution in [2.45, 2.75) is 65.1 Å². The molecule has 0 spiro atoms. The third-order valence-corrected chi connectivity index (χ3v) is 8.44. The van der Waals surface area contributed by atoms with Crippen LogP contribution >= 0.6 is 0 Å². The molecule has 2 fully saturated rings. The zero-order valence-corrected chi connectivity index (χ0v) is 20.6. The number of hydrogen-bond donors (Lipinski definition) is 3. The number of aliphatic hydroxyl groups excluding tert-OH is 1. The van der Waals surface area contributed by atoms with Gasteiger partial charge in [0.25, 0.3) is 5.91 Å². The van der Waals surface area contributed by atoms with Gasteiger partial charge < -0.3 is 15.7 Å². The molecule has 3 N–H and O–H groups in total. The summed E-state index contributed by atoms with van der Waals surface area (Å²) in [5.41, 5.74) is 1.07.